The Morgan fingerprint density at radius 2 is 1.68 bits per heavy atom. The van der Waals surface area contributed by atoms with Crippen molar-refractivity contribution < 1.29 is 24.2 Å². The second-order valence-corrected chi connectivity index (χ2v) is 8.02. The summed E-state index contributed by atoms with van der Waals surface area (Å²) in [6.07, 6.45) is 0.840. The molecular weight excluding hydrogens is 396 g/mol. The normalized spacial score (nSPS) is 17.5. The molecule has 0 unspecified atom stereocenters. The van der Waals surface area contributed by atoms with E-state index in [2.05, 4.69) is 29.6 Å². The van der Waals surface area contributed by atoms with Gasteiger partial charge in [0.2, 0.25) is 5.91 Å². The van der Waals surface area contributed by atoms with Crippen molar-refractivity contribution in [1.82, 2.24) is 10.2 Å². The molecule has 2 aromatic carbocycles. The van der Waals surface area contributed by atoms with Crippen LogP contribution in [0, 0.1) is 5.92 Å². The Hall–Kier alpha value is -3.35. The summed E-state index contributed by atoms with van der Waals surface area (Å²) >= 11 is 0. The fraction of sp³-hybridized carbons (Fsp3) is 0.375. The lowest BCUT2D eigenvalue weighted by molar-refractivity contribution is -0.145. The first-order valence-electron chi connectivity index (χ1n) is 10.6. The third-order valence-electron chi connectivity index (χ3n) is 6.08. The number of benzene rings is 2. The van der Waals surface area contributed by atoms with E-state index in [4.69, 9.17) is 9.84 Å². The topological polar surface area (TPSA) is 95.9 Å². The van der Waals surface area contributed by atoms with Crippen LogP contribution < -0.4 is 5.32 Å². The number of piperidine rings is 1. The molecule has 1 atom stereocenters. The van der Waals surface area contributed by atoms with Crippen LogP contribution in [0.2, 0.25) is 0 Å². The van der Waals surface area contributed by atoms with Gasteiger partial charge in [0.1, 0.15) is 6.61 Å². The molecule has 0 bridgehead atoms. The zero-order valence-electron chi connectivity index (χ0n) is 17.3. The Bertz CT molecular complexity index is 944. The average molecular weight is 422 g/mol. The van der Waals surface area contributed by atoms with E-state index in [1.54, 1.807) is 4.90 Å². The summed E-state index contributed by atoms with van der Waals surface area (Å²) in [5.41, 5.74) is 4.62. The molecule has 0 saturated carbocycles. The van der Waals surface area contributed by atoms with Gasteiger partial charge in [0.05, 0.1) is 5.92 Å². The standard InChI is InChI=1S/C24H26N2O5/c27-22(26-13-5-6-16(14-26)23(28)29)11-12-25-24(30)31-15-21-19-9-3-1-7-17(19)18-8-2-4-10-20(18)21/h1-4,7-10,16,21H,5-6,11-15H2,(H,25,30)(H,28,29)/t16-/m0/s1. The van der Waals surface area contributed by atoms with Crippen molar-refractivity contribution in [3.05, 3.63) is 59.7 Å². The van der Waals surface area contributed by atoms with Crippen molar-refractivity contribution in [3.8, 4) is 11.1 Å². The average Bonchev–Trinajstić information content (AvgIpc) is 3.11. The Balaban J connectivity index is 1.26. The van der Waals surface area contributed by atoms with Crippen molar-refractivity contribution in [3.63, 3.8) is 0 Å². The summed E-state index contributed by atoms with van der Waals surface area (Å²) in [4.78, 5) is 37.2. The molecule has 0 radical (unpaired) electrons. The second-order valence-electron chi connectivity index (χ2n) is 8.02. The summed E-state index contributed by atoms with van der Waals surface area (Å²) in [6, 6.07) is 16.3. The fourth-order valence-corrected chi connectivity index (χ4v) is 4.48. The van der Waals surface area contributed by atoms with Gasteiger partial charge in [0.15, 0.2) is 0 Å². The van der Waals surface area contributed by atoms with Crippen LogP contribution in [0.1, 0.15) is 36.3 Å². The van der Waals surface area contributed by atoms with Crippen LogP contribution in [0.15, 0.2) is 48.5 Å². The SMILES string of the molecule is O=C(NCCC(=O)N1CCC[C@H](C(=O)O)C1)OCC1c2ccccc2-c2ccccc21. The van der Waals surface area contributed by atoms with Gasteiger partial charge in [-0.3, -0.25) is 9.59 Å². The predicted molar refractivity (Wildman–Crippen MR) is 115 cm³/mol. The van der Waals surface area contributed by atoms with Crippen LogP contribution in [-0.2, 0) is 14.3 Å². The number of hydrogen-bond acceptors (Lipinski definition) is 4. The number of carboxylic acid groups (broad SMARTS) is 1. The van der Waals surface area contributed by atoms with Gasteiger partial charge in [-0.2, -0.15) is 0 Å². The lowest BCUT2D eigenvalue weighted by Gasteiger charge is -2.30. The Labute approximate surface area is 181 Å². The minimum Gasteiger partial charge on any atom is -0.481 e. The van der Waals surface area contributed by atoms with Gasteiger partial charge < -0.3 is 20.1 Å². The molecule has 7 nitrogen and oxygen atoms in total. The largest absolute Gasteiger partial charge is 0.481 e. The second kappa shape index (κ2) is 9.20. The summed E-state index contributed by atoms with van der Waals surface area (Å²) in [6.45, 7) is 1.18. The van der Waals surface area contributed by atoms with E-state index >= 15 is 0 Å². The maximum Gasteiger partial charge on any atom is 0.407 e. The van der Waals surface area contributed by atoms with E-state index in [1.807, 2.05) is 24.3 Å². The molecule has 1 fully saturated rings. The Morgan fingerprint density at radius 3 is 2.32 bits per heavy atom. The number of hydrogen-bond donors (Lipinski definition) is 2. The zero-order chi connectivity index (χ0) is 21.8. The fourth-order valence-electron chi connectivity index (χ4n) is 4.48. The van der Waals surface area contributed by atoms with E-state index in [9.17, 15) is 14.4 Å². The monoisotopic (exact) mass is 422 g/mol. The number of amides is 2. The first-order valence-corrected chi connectivity index (χ1v) is 10.6. The van der Waals surface area contributed by atoms with E-state index in [0.29, 0.717) is 19.4 Å². The molecule has 2 aromatic rings. The zero-order valence-corrected chi connectivity index (χ0v) is 17.3. The summed E-state index contributed by atoms with van der Waals surface area (Å²) in [7, 11) is 0. The highest BCUT2D eigenvalue weighted by molar-refractivity contribution is 5.80. The number of fused-ring (bicyclic) bond motifs is 3. The number of rotatable bonds is 6. The molecule has 4 rings (SSSR count). The molecule has 31 heavy (non-hydrogen) atoms. The number of carbonyl (C=O) groups excluding carboxylic acids is 2. The molecule has 1 heterocycles. The Kier molecular flexibility index (Phi) is 6.21. The van der Waals surface area contributed by atoms with Gasteiger partial charge >= 0.3 is 12.1 Å². The number of nitrogens with one attached hydrogen (secondary N) is 1. The first kappa shape index (κ1) is 20.9. The van der Waals surface area contributed by atoms with E-state index in [0.717, 1.165) is 11.1 Å². The van der Waals surface area contributed by atoms with Gasteiger partial charge in [0, 0.05) is 32.0 Å². The summed E-state index contributed by atoms with van der Waals surface area (Å²) in [5.74, 6) is -1.53. The molecule has 2 N–H and O–H groups in total. The summed E-state index contributed by atoms with van der Waals surface area (Å²) in [5, 5.41) is 11.8. The van der Waals surface area contributed by atoms with Crippen LogP contribution in [0.4, 0.5) is 4.79 Å². The van der Waals surface area contributed by atoms with Crippen LogP contribution in [0.25, 0.3) is 11.1 Å². The smallest absolute Gasteiger partial charge is 0.407 e. The van der Waals surface area contributed by atoms with Crippen LogP contribution in [0.3, 0.4) is 0 Å². The minimum absolute atomic E-state index is 0.0129. The Morgan fingerprint density at radius 1 is 1.03 bits per heavy atom. The molecule has 0 aromatic heterocycles. The first-order chi connectivity index (χ1) is 15.0. The van der Waals surface area contributed by atoms with Gasteiger partial charge in [-0.15, -0.1) is 0 Å². The quantitative estimate of drug-likeness (QED) is 0.745. The van der Waals surface area contributed by atoms with Gasteiger partial charge in [-0.05, 0) is 35.1 Å². The number of alkyl carbamates (subject to hydrolysis) is 1. The molecule has 7 heteroatoms. The van der Waals surface area contributed by atoms with Gasteiger partial charge in [0.25, 0.3) is 0 Å². The molecule has 2 amide bonds. The lowest BCUT2D eigenvalue weighted by atomic mass is 9.98. The van der Waals surface area contributed by atoms with E-state index in [1.165, 1.54) is 11.1 Å². The van der Waals surface area contributed by atoms with Crippen molar-refractivity contribution in [2.45, 2.75) is 25.2 Å². The van der Waals surface area contributed by atoms with Crippen LogP contribution in [-0.4, -0.2) is 54.2 Å². The molecule has 1 aliphatic heterocycles. The highest BCUT2D eigenvalue weighted by Gasteiger charge is 2.29. The summed E-state index contributed by atoms with van der Waals surface area (Å²) < 4.78 is 5.46. The number of ether oxygens (including phenoxy) is 1. The molecule has 162 valence electrons. The van der Waals surface area contributed by atoms with Gasteiger partial charge in [-0.25, -0.2) is 4.79 Å². The minimum atomic E-state index is -0.866. The predicted octanol–water partition coefficient (Wildman–Crippen LogP) is 3.24. The molecule has 1 saturated heterocycles. The third kappa shape index (κ3) is 4.55. The molecule has 2 aliphatic rings. The van der Waals surface area contributed by atoms with Crippen molar-refractivity contribution in [2.75, 3.05) is 26.2 Å². The number of nitrogens with zero attached hydrogens (tertiary/aromatic N) is 1. The number of likely N-dealkylation sites (tertiary alicyclic amines) is 1. The van der Waals surface area contributed by atoms with Crippen molar-refractivity contribution >= 4 is 18.0 Å². The molecule has 0 spiro atoms. The lowest BCUT2D eigenvalue weighted by Crippen LogP contribution is -2.43. The number of aliphatic carboxylic acids is 1. The van der Waals surface area contributed by atoms with Gasteiger partial charge in [-0.1, -0.05) is 48.5 Å². The van der Waals surface area contributed by atoms with E-state index < -0.39 is 18.0 Å². The molecular formula is C24H26N2O5. The third-order valence-corrected chi connectivity index (χ3v) is 6.08. The van der Waals surface area contributed by atoms with E-state index in [-0.39, 0.29) is 37.9 Å². The maximum absolute atomic E-state index is 12.3. The highest BCUT2D eigenvalue weighted by atomic mass is 16.5. The highest BCUT2D eigenvalue weighted by Crippen LogP contribution is 2.44. The van der Waals surface area contributed by atoms with Crippen LogP contribution in [0.5, 0.6) is 0 Å². The van der Waals surface area contributed by atoms with Crippen molar-refractivity contribution in [2.24, 2.45) is 5.92 Å². The van der Waals surface area contributed by atoms with Crippen molar-refractivity contribution in [1.29, 1.82) is 0 Å². The molecule has 1 aliphatic carbocycles. The maximum atomic E-state index is 12.3. The van der Waals surface area contributed by atoms with Crippen LogP contribution >= 0.6 is 0 Å². The number of carboxylic acids is 1. The number of carbonyl (C=O) groups is 3.